The largest absolute Gasteiger partial charge is 0.379 e. The van der Waals surface area contributed by atoms with Gasteiger partial charge in [-0.3, -0.25) is 9.89 Å². The normalized spacial score (nSPS) is 25.2. The standard InChI is InChI=1S/C19H39N5O/c1-5-20-19(21-13-17-7-6-8-23(4)15-17)22-14-18(16(2)3)24-9-11-25-12-10-24/h16-18H,5-15H2,1-4H3,(H2,20,21,22). The maximum absolute atomic E-state index is 5.50. The third-order valence-electron chi connectivity index (χ3n) is 5.35. The Hall–Kier alpha value is -0.850. The number of rotatable bonds is 7. The lowest BCUT2D eigenvalue weighted by atomic mass is 9.98. The summed E-state index contributed by atoms with van der Waals surface area (Å²) in [5.41, 5.74) is 0. The number of hydrogen-bond acceptors (Lipinski definition) is 4. The first-order chi connectivity index (χ1) is 12.1. The van der Waals surface area contributed by atoms with Gasteiger partial charge in [0.25, 0.3) is 0 Å². The summed E-state index contributed by atoms with van der Waals surface area (Å²) in [7, 11) is 2.22. The summed E-state index contributed by atoms with van der Waals surface area (Å²) < 4.78 is 5.50. The lowest BCUT2D eigenvalue weighted by Gasteiger charge is -2.36. The quantitative estimate of drug-likeness (QED) is 0.533. The highest BCUT2D eigenvalue weighted by Crippen LogP contribution is 2.15. The van der Waals surface area contributed by atoms with Gasteiger partial charge in [0.2, 0.25) is 0 Å². The molecule has 6 heteroatoms. The van der Waals surface area contributed by atoms with Gasteiger partial charge in [-0.2, -0.15) is 0 Å². The van der Waals surface area contributed by atoms with Crippen LogP contribution in [-0.2, 0) is 4.74 Å². The molecule has 0 aromatic carbocycles. The summed E-state index contributed by atoms with van der Waals surface area (Å²) >= 11 is 0. The number of aliphatic imine (C=N–C) groups is 1. The van der Waals surface area contributed by atoms with Crippen molar-refractivity contribution in [3.8, 4) is 0 Å². The van der Waals surface area contributed by atoms with Crippen LogP contribution in [0.2, 0.25) is 0 Å². The summed E-state index contributed by atoms with van der Waals surface area (Å²) in [5.74, 6) is 2.29. The van der Waals surface area contributed by atoms with E-state index in [-0.39, 0.29) is 0 Å². The summed E-state index contributed by atoms with van der Waals surface area (Å²) in [6.07, 6.45) is 2.63. The first-order valence-electron chi connectivity index (χ1n) is 10.1. The van der Waals surface area contributed by atoms with Crippen molar-refractivity contribution in [2.45, 2.75) is 39.7 Å². The van der Waals surface area contributed by atoms with Crippen LogP contribution in [0, 0.1) is 11.8 Å². The zero-order valence-corrected chi connectivity index (χ0v) is 16.8. The van der Waals surface area contributed by atoms with Crippen molar-refractivity contribution < 1.29 is 4.74 Å². The van der Waals surface area contributed by atoms with Gasteiger partial charge in [-0.1, -0.05) is 13.8 Å². The molecule has 146 valence electrons. The number of nitrogens with zero attached hydrogens (tertiary/aromatic N) is 3. The predicted molar refractivity (Wildman–Crippen MR) is 105 cm³/mol. The van der Waals surface area contributed by atoms with Gasteiger partial charge >= 0.3 is 0 Å². The van der Waals surface area contributed by atoms with E-state index >= 15 is 0 Å². The number of ether oxygens (including phenoxy) is 1. The van der Waals surface area contributed by atoms with Gasteiger partial charge in [-0.25, -0.2) is 0 Å². The first-order valence-corrected chi connectivity index (χ1v) is 10.1. The van der Waals surface area contributed by atoms with Crippen LogP contribution in [-0.4, -0.2) is 87.9 Å². The Bertz CT molecular complexity index is 395. The van der Waals surface area contributed by atoms with E-state index in [0.717, 1.165) is 57.8 Å². The molecule has 0 aromatic rings. The molecular weight excluding hydrogens is 314 g/mol. The second kappa shape index (κ2) is 11.0. The SMILES string of the molecule is CCNC(=NCC(C(C)C)N1CCOCC1)NCC1CCCN(C)C1. The van der Waals surface area contributed by atoms with Gasteiger partial charge in [0.15, 0.2) is 5.96 Å². The van der Waals surface area contributed by atoms with Crippen molar-refractivity contribution in [3.05, 3.63) is 0 Å². The molecule has 0 bridgehead atoms. The Labute approximate surface area is 154 Å². The monoisotopic (exact) mass is 353 g/mol. The number of nitrogens with one attached hydrogen (secondary N) is 2. The molecule has 0 amide bonds. The maximum atomic E-state index is 5.50. The van der Waals surface area contributed by atoms with Crippen LogP contribution in [0.4, 0.5) is 0 Å². The molecule has 2 aliphatic rings. The Morgan fingerprint density at radius 3 is 2.60 bits per heavy atom. The van der Waals surface area contributed by atoms with E-state index in [1.807, 2.05) is 0 Å². The van der Waals surface area contributed by atoms with Crippen LogP contribution >= 0.6 is 0 Å². The van der Waals surface area contributed by atoms with Crippen LogP contribution in [0.25, 0.3) is 0 Å². The Balaban J connectivity index is 1.87. The highest BCUT2D eigenvalue weighted by molar-refractivity contribution is 5.79. The molecule has 2 unspecified atom stereocenters. The molecular formula is C19H39N5O. The summed E-state index contributed by atoms with van der Waals surface area (Å²) in [6, 6.07) is 0.486. The molecule has 2 saturated heterocycles. The molecule has 2 rings (SSSR count). The topological polar surface area (TPSA) is 52.1 Å². The molecule has 6 nitrogen and oxygen atoms in total. The van der Waals surface area contributed by atoms with Gasteiger partial charge in [0, 0.05) is 38.8 Å². The summed E-state index contributed by atoms with van der Waals surface area (Å²) in [4.78, 5) is 9.89. The summed E-state index contributed by atoms with van der Waals surface area (Å²) in [5, 5.41) is 6.99. The van der Waals surface area contributed by atoms with Crippen LogP contribution in [0.1, 0.15) is 33.6 Å². The molecule has 25 heavy (non-hydrogen) atoms. The van der Waals surface area contributed by atoms with Crippen LogP contribution in [0.3, 0.4) is 0 Å². The van der Waals surface area contributed by atoms with E-state index in [1.54, 1.807) is 0 Å². The van der Waals surface area contributed by atoms with Crippen LogP contribution in [0.5, 0.6) is 0 Å². The molecule has 2 atom stereocenters. The lowest BCUT2D eigenvalue weighted by molar-refractivity contribution is 0.00867. The van der Waals surface area contributed by atoms with Crippen LogP contribution < -0.4 is 10.6 Å². The van der Waals surface area contributed by atoms with Gasteiger partial charge in [0.1, 0.15) is 0 Å². The van der Waals surface area contributed by atoms with Gasteiger partial charge in [0.05, 0.1) is 19.8 Å². The molecule has 2 fully saturated rings. The van der Waals surface area contributed by atoms with Gasteiger partial charge < -0.3 is 20.3 Å². The van der Waals surface area contributed by atoms with Crippen molar-refractivity contribution in [3.63, 3.8) is 0 Å². The van der Waals surface area contributed by atoms with E-state index in [2.05, 4.69) is 48.3 Å². The van der Waals surface area contributed by atoms with E-state index in [9.17, 15) is 0 Å². The third-order valence-corrected chi connectivity index (χ3v) is 5.35. The van der Waals surface area contributed by atoms with Gasteiger partial charge in [-0.15, -0.1) is 0 Å². The van der Waals surface area contributed by atoms with Gasteiger partial charge in [-0.05, 0) is 45.2 Å². The zero-order chi connectivity index (χ0) is 18.1. The van der Waals surface area contributed by atoms with E-state index in [4.69, 9.17) is 9.73 Å². The van der Waals surface area contributed by atoms with Crippen molar-refractivity contribution >= 4 is 5.96 Å². The molecule has 0 radical (unpaired) electrons. The zero-order valence-electron chi connectivity index (χ0n) is 16.8. The fourth-order valence-corrected chi connectivity index (χ4v) is 3.86. The molecule has 0 spiro atoms. The Morgan fingerprint density at radius 1 is 1.20 bits per heavy atom. The van der Waals surface area contributed by atoms with E-state index in [0.29, 0.717) is 12.0 Å². The Kier molecular flexibility index (Phi) is 8.99. The predicted octanol–water partition coefficient (Wildman–Crippen LogP) is 1.24. The second-order valence-electron chi connectivity index (χ2n) is 7.83. The third kappa shape index (κ3) is 7.12. The lowest BCUT2D eigenvalue weighted by Crippen LogP contribution is -2.48. The summed E-state index contributed by atoms with van der Waals surface area (Å²) in [6.45, 7) is 15.7. The number of morpholine rings is 1. The second-order valence-corrected chi connectivity index (χ2v) is 7.83. The average Bonchev–Trinajstić information content (AvgIpc) is 2.60. The Morgan fingerprint density at radius 2 is 1.96 bits per heavy atom. The van der Waals surface area contributed by atoms with Crippen molar-refractivity contribution in [1.82, 2.24) is 20.4 Å². The highest BCUT2D eigenvalue weighted by Gasteiger charge is 2.24. The molecule has 2 aliphatic heterocycles. The minimum Gasteiger partial charge on any atom is -0.379 e. The van der Waals surface area contributed by atoms with Crippen molar-refractivity contribution in [2.24, 2.45) is 16.8 Å². The highest BCUT2D eigenvalue weighted by atomic mass is 16.5. The fraction of sp³-hybridized carbons (Fsp3) is 0.947. The molecule has 0 aromatic heterocycles. The minimum atomic E-state index is 0.486. The van der Waals surface area contributed by atoms with E-state index < -0.39 is 0 Å². The molecule has 0 saturated carbocycles. The van der Waals surface area contributed by atoms with Crippen LogP contribution in [0.15, 0.2) is 4.99 Å². The first kappa shape index (κ1) is 20.5. The molecule has 2 N–H and O–H groups in total. The maximum Gasteiger partial charge on any atom is 0.191 e. The average molecular weight is 354 g/mol. The van der Waals surface area contributed by atoms with E-state index in [1.165, 1.54) is 25.9 Å². The van der Waals surface area contributed by atoms with Crippen molar-refractivity contribution in [1.29, 1.82) is 0 Å². The molecule has 2 heterocycles. The number of guanidine groups is 1. The number of likely N-dealkylation sites (tertiary alicyclic amines) is 1. The fourth-order valence-electron chi connectivity index (χ4n) is 3.86. The number of hydrogen-bond donors (Lipinski definition) is 2. The van der Waals surface area contributed by atoms with Crippen molar-refractivity contribution in [2.75, 3.05) is 66.1 Å². The smallest absolute Gasteiger partial charge is 0.191 e. The number of piperidine rings is 1. The minimum absolute atomic E-state index is 0.486. The molecule has 0 aliphatic carbocycles.